The van der Waals surface area contributed by atoms with Crippen molar-refractivity contribution in [1.82, 2.24) is 9.99 Å². The Labute approximate surface area is 183 Å². The van der Waals surface area contributed by atoms with Crippen molar-refractivity contribution in [2.45, 2.75) is 20.8 Å². The second-order valence-corrected chi connectivity index (χ2v) is 7.51. The molecule has 0 bridgehead atoms. The molecule has 9 heteroatoms. The first kappa shape index (κ1) is 21.5. The Morgan fingerprint density at radius 3 is 2.60 bits per heavy atom. The van der Waals surface area contributed by atoms with E-state index in [0.29, 0.717) is 10.0 Å². The van der Waals surface area contributed by atoms with E-state index in [1.807, 2.05) is 24.5 Å². The average molecular weight is 445 g/mol. The number of halogens is 2. The molecule has 3 aromatic rings. The minimum absolute atomic E-state index is 0.117. The van der Waals surface area contributed by atoms with E-state index >= 15 is 0 Å². The Kier molecular flexibility index (Phi) is 6.24. The van der Waals surface area contributed by atoms with Crippen LogP contribution in [-0.2, 0) is 0 Å². The van der Waals surface area contributed by atoms with E-state index in [1.165, 1.54) is 31.3 Å². The third kappa shape index (κ3) is 4.22. The number of carbonyl (C=O) groups excluding carboxylic acids is 1. The summed E-state index contributed by atoms with van der Waals surface area (Å²) >= 11 is 12.4. The Bertz CT molecular complexity index is 1190. The summed E-state index contributed by atoms with van der Waals surface area (Å²) in [6.07, 6.45) is 1.52. The lowest BCUT2D eigenvalue weighted by Gasteiger charge is -2.12. The monoisotopic (exact) mass is 444 g/mol. The standard InChI is InChI=1S/C21H18Cl2N4O3/c1-12-9-15(14(3)26(12)20-10-16(22)7-8-18(20)23)11-24-25-21(28)17-5-4-6-19(13(17)2)27(29)30/h4-11H,1-3H3,(H,25,28)/b24-11-. The van der Waals surface area contributed by atoms with E-state index in [4.69, 9.17) is 23.2 Å². The fourth-order valence-electron chi connectivity index (χ4n) is 3.23. The van der Waals surface area contributed by atoms with Crippen molar-refractivity contribution in [3.05, 3.63) is 90.7 Å². The van der Waals surface area contributed by atoms with Gasteiger partial charge in [-0.3, -0.25) is 14.9 Å². The van der Waals surface area contributed by atoms with Crippen LogP contribution in [0.1, 0.15) is 32.9 Å². The molecule has 0 aliphatic rings. The van der Waals surface area contributed by atoms with Gasteiger partial charge in [0.1, 0.15) is 0 Å². The van der Waals surface area contributed by atoms with E-state index in [2.05, 4.69) is 10.5 Å². The fraction of sp³-hybridized carbons (Fsp3) is 0.143. The molecule has 30 heavy (non-hydrogen) atoms. The maximum absolute atomic E-state index is 12.4. The molecule has 0 fully saturated rings. The third-order valence-corrected chi connectivity index (χ3v) is 5.29. The summed E-state index contributed by atoms with van der Waals surface area (Å²) in [5.41, 5.74) is 6.08. The van der Waals surface area contributed by atoms with Crippen molar-refractivity contribution in [1.29, 1.82) is 0 Å². The zero-order valence-corrected chi connectivity index (χ0v) is 18.0. The molecule has 1 aromatic heterocycles. The maximum atomic E-state index is 12.4. The van der Waals surface area contributed by atoms with Gasteiger partial charge in [0.2, 0.25) is 0 Å². The van der Waals surface area contributed by atoms with Crippen LogP contribution in [-0.4, -0.2) is 21.6 Å². The Balaban J connectivity index is 1.85. The van der Waals surface area contributed by atoms with Crippen LogP contribution in [0.5, 0.6) is 0 Å². The number of benzene rings is 2. The first-order valence-electron chi connectivity index (χ1n) is 8.92. The van der Waals surface area contributed by atoms with Gasteiger partial charge in [0.15, 0.2) is 0 Å². The predicted molar refractivity (Wildman–Crippen MR) is 118 cm³/mol. The minimum atomic E-state index is -0.529. The quantitative estimate of drug-likeness (QED) is 0.325. The zero-order chi connectivity index (χ0) is 22.0. The molecule has 154 valence electrons. The third-order valence-electron chi connectivity index (χ3n) is 4.74. The number of hydrogen-bond donors (Lipinski definition) is 1. The molecule has 0 saturated heterocycles. The zero-order valence-electron chi connectivity index (χ0n) is 16.4. The summed E-state index contributed by atoms with van der Waals surface area (Å²) in [4.78, 5) is 22.9. The van der Waals surface area contributed by atoms with E-state index in [0.717, 1.165) is 22.6 Å². The van der Waals surface area contributed by atoms with Crippen LogP contribution >= 0.6 is 23.2 Å². The van der Waals surface area contributed by atoms with Gasteiger partial charge in [0.25, 0.3) is 11.6 Å². The number of carbonyl (C=O) groups is 1. The topological polar surface area (TPSA) is 89.5 Å². The van der Waals surface area contributed by atoms with E-state index in [1.54, 1.807) is 18.2 Å². The number of nitrogens with zero attached hydrogens (tertiary/aromatic N) is 3. The van der Waals surface area contributed by atoms with Gasteiger partial charge in [0, 0.05) is 33.6 Å². The summed E-state index contributed by atoms with van der Waals surface area (Å²) in [6, 6.07) is 11.5. The highest BCUT2D eigenvalue weighted by atomic mass is 35.5. The molecule has 1 heterocycles. The molecule has 0 unspecified atom stereocenters. The molecular weight excluding hydrogens is 427 g/mol. The van der Waals surface area contributed by atoms with Crippen LogP contribution in [0.3, 0.4) is 0 Å². The molecule has 0 atom stereocenters. The maximum Gasteiger partial charge on any atom is 0.273 e. The van der Waals surface area contributed by atoms with Crippen molar-refractivity contribution in [3.8, 4) is 5.69 Å². The lowest BCUT2D eigenvalue weighted by atomic mass is 10.1. The summed E-state index contributed by atoms with van der Waals surface area (Å²) in [5, 5.41) is 16.2. The Hall–Kier alpha value is -3.16. The highest BCUT2D eigenvalue weighted by Gasteiger charge is 2.18. The normalized spacial score (nSPS) is 11.1. The van der Waals surface area contributed by atoms with Gasteiger partial charge in [-0.25, -0.2) is 5.43 Å². The minimum Gasteiger partial charge on any atom is -0.316 e. The largest absolute Gasteiger partial charge is 0.316 e. The van der Waals surface area contributed by atoms with Crippen molar-refractivity contribution >= 4 is 41.0 Å². The highest BCUT2D eigenvalue weighted by Crippen LogP contribution is 2.28. The predicted octanol–water partition coefficient (Wildman–Crippen LogP) is 5.38. The van der Waals surface area contributed by atoms with Crippen molar-refractivity contribution < 1.29 is 9.72 Å². The Morgan fingerprint density at radius 1 is 1.17 bits per heavy atom. The number of rotatable bonds is 5. The number of aromatic nitrogens is 1. The Morgan fingerprint density at radius 2 is 1.90 bits per heavy atom. The van der Waals surface area contributed by atoms with Gasteiger partial charge in [-0.15, -0.1) is 0 Å². The number of nitrogens with one attached hydrogen (secondary N) is 1. The van der Waals surface area contributed by atoms with Gasteiger partial charge in [-0.2, -0.15) is 5.10 Å². The molecule has 7 nitrogen and oxygen atoms in total. The van der Waals surface area contributed by atoms with Crippen LogP contribution in [0, 0.1) is 30.9 Å². The molecule has 0 spiro atoms. The second-order valence-electron chi connectivity index (χ2n) is 6.66. The number of nitro groups is 1. The molecule has 2 aromatic carbocycles. The molecule has 1 N–H and O–H groups in total. The molecule has 3 rings (SSSR count). The highest BCUT2D eigenvalue weighted by molar-refractivity contribution is 6.34. The van der Waals surface area contributed by atoms with Gasteiger partial charge in [0.05, 0.1) is 27.4 Å². The SMILES string of the molecule is Cc1c(C(=O)N/N=C\c2cc(C)n(-c3cc(Cl)ccc3Cl)c2C)cccc1[N+](=O)[O-]. The fourth-order valence-corrected chi connectivity index (χ4v) is 3.60. The van der Waals surface area contributed by atoms with Gasteiger partial charge >= 0.3 is 0 Å². The molecule has 0 aliphatic heterocycles. The summed E-state index contributed by atoms with van der Waals surface area (Å²) in [7, 11) is 0. The van der Waals surface area contributed by atoms with E-state index < -0.39 is 10.8 Å². The molecule has 0 radical (unpaired) electrons. The van der Waals surface area contributed by atoms with Gasteiger partial charge < -0.3 is 4.57 Å². The molecule has 0 saturated carbocycles. The van der Waals surface area contributed by atoms with Crippen LogP contribution in [0.25, 0.3) is 5.69 Å². The van der Waals surface area contributed by atoms with E-state index in [9.17, 15) is 14.9 Å². The number of hydrogen-bond acceptors (Lipinski definition) is 4. The van der Waals surface area contributed by atoms with Crippen LogP contribution in [0.2, 0.25) is 10.0 Å². The molecular formula is C21H18Cl2N4O3. The number of amides is 1. The smallest absolute Gasteiger partial charge is 0.273 e. The van der Waals surface area contributed by atoms with Gasteiger partial charge in [-0.1, -0.05) is 29.3 Å². The van der Waals surface area contributed by atoms with Crippen LogP contribution in [0.4, 0.5) is 5.69 Å². The molecule has 0 aliphatic carbocycles. The molecule has 1 amide bonds. The number of nitro benzene ring substituents is 1. The number of aryl methyl sites for hydroxylation is 1. The van der Waals surface area contributed by atoms with E-state index in [-0.39, 0.29) is 16.8 Å². The average Bonchev–Trinajstić information content (AvgIpc) is 2.97. The summed E-state index contributed by atoms with van der Waals surface area (Å²) in [6.45, 7) is 5.35. The first-order chi connectivity index (χ1) is 14.2. The van der Waals surface area contributed by atoms with Gasteiger partial charge in [-0.05, 0) is 51.1 Å². The van der Waals surface area contributed by atoms with Crippen molar-refractivity contribution in [2.75, 3.05) is 0 Å². The van der Waals surface area contributed by atoms with Crippen LogP contribution < -0.4 is 5.43 Å². The summed E-state index contributed by atoms with van der Waals surface area (Å²) in [5.74, 6) is -0.529. The second kappa shape index (κ2) is 8.69. The van der Waals surface area contributed by atoms with Crippen LogP contribution in [0.15, 0.2) is 47.6 Å². The lowest BCUT2D eigenvalue weighted by Crippen LogP contribution is -2.19. The summed E-state index contributed by atoms with van der Waals surface area (Å²) < 4.78 is 1.95. The number of hydrazone groups is 1. The van der Waals surface area contributed by atoms with Crippen molar-refractivity contribution in [2.24, 2.45) is 5.10 Å². The first-order valence-corrected chi connectivity index (χ1v) is 9.68. The lowest BCUT2D eigenvalue weighted by molar-refractivity contribution is -0.385. The van der Waals surface area contributed by atoms with Crippen molar-refractivity contribution in [3.63, 3.8) is 0 Å².